The van der Waals surface area contributed by atoms with Crippen LogP contribution in [0.4, 0.5) is 5.69 Å². The molecule has 0 fully saturated rings. The van der Waals surface area contributed by atoms with Crippen LogP contribution in [0.2, 0.25) is 0 Å². The molecule has 0 atom stereocenters. The number of nitrogens with zero attached hydrogens (tertiary/aromatic N) is 3. The third-order valence-electron chi connectivity index (χ3n) is 5.65. The molecule has 1 aliphatic heterocycles. The predicted molar refractivity (Wildman–Crippen MR) is 126 cm³/mol. The minimum atomic E-state index is 0.167. The lowest BCUT2D eigenvalue weighted by Gasteiger charge is -2.19. The molecule has 0 spiro atoms. The monoisotopic (exact) mass is 425 g/mol. The van der Waals surface area contributed by atoms with Gasteiger partial charge in [0.25, 0.3) is 0 Å². The summed E-state index contributed by atoms with van der Waals surface area (Å²) in [6.45, 7) is 10.9. The highest BCUT2D eigenvalue weighted by atomic mass is 32.2. The first kappa shape index (κ1) is 21.2. The SMILES string of the molecule is CCN(CC)CCn1nc2c3c(c(NCCNCCO)ccc31)Sc1ccccc1-2. The van der Waals surface area contributed by atoms with Crippen molar-refractivity contribution in [1.29, 1.82) is 0 Å². The lowest BCUT2D eigenvalue weighted by molar-refractivity contribution is 0.287. The number of rotatable bonds is 11. The molecule has 1 aromatic heterocycles. The van der Waals surface area contributed by atoms with E-state index in [1.807, 2.05) is 11.8 Å². The molecule has 2 aromatic carbocycles. The lowest BCUT2D eigenvalue weighted by Crippen LogP contribution is -2.27. The molecule has 4 rings (SSSR count). The van der Waals surface area contributed by atoms with Gasteiger partial charge >= 0.3 is 0 Å². The quantitative estimate of drug-likeness (QED) is 0.320. The van der Waals surface area contributed by atoms with Crippen LogP contribution in [0.5, 0.6) is 0 Å². The summed E-state index contributed by atoms with van der Waals surface area (Å²) < 4.78 is 2.18. The van der Waals surface area contributed by atoms with Crippen LogP contribution >= 0.6 is 11.8 Å². The van der Waals surface area contributed by atoms with Crippen LogP contribution in [0, 0.1) is 0 Å². The molecule has 0 saturated heterocycles. The number of likely N-dealkylation sites (N-methyl/N-ethyl adjacent to an activating group) is 1. The lowest BCUT2D eigenvalue weighted by atomic mass is 10.1. The van der Waals surface area contributed by atoms with Crippen LogP contribution in [-0.2, 0) is 6.54 Å². The molecular formula is C23H31N5OS. The van der Waals surface area contributed by atoms with Crippen molar-refractivity contribution in [2.75, 3.05) is 51.2 Å². The number of aromatic nitrogens is 2. The molecule has 7 heteroatoms. The first-order valence-corrected chi connectivity index (χ1v) is 11.7. The van der Waals surface area contributed by atoms with Crippen LogP contribution in [0.3, 0.4) is 0 Å². The van der Waals surface area contributed by atoms with Gasteiger partial charge < -0.3 is 20.6 Å². The zero-order chi connectivity index (χ0) is 20.9. The molecule has 30 heavy (non-hydrogen) atoms. The van der Waals surface area contributed by atoms with E-state index in [1.54, 1.807) is 0 Å². The van der Waals surface area contributed by atoms with Crippen molar-refractivity contribution in [3.63, 3.8) is 0 Å². The molecule has 0 saturated carbocycles. The number of aliphatic hydroxyl groups excluding tert-OH is 1. The fraction of sp³-hybridized carbons (Fsp3) is 0.435. The molecule has 0 unspecified atom stereocenters. The molecule has 160 valence electrons. The smallest absolute Gasteiger partial charge is 0.103 e. The molecule has 3 aromatic rings. The zero-order valence-corrected chi connectivity index (χ0v) is 18.6. The third-order valence-corrected chi connectivity index (χ3v) is 6.86. The first-order chi connectivity index (χ1) is 14.8. The summed E-state index contributed by atoms with van der Waals surface area (Å²) in [7, 11) is 0. The van der Waals surface area contributed by atoms with E-state index < -0.39 is 0 Å². The molecule has 6 nitrogen and oxygen atoms in total. The van der Waals surface area contributed by atoms with Crippen LogP contribution in [0.15, 0.2) is 46.2 Å². The number of benzene rings is 2. The summed E-state index contributed by atoms with van der Waals surface area (Å²) >= 11 is 1.83. The highest BCUT2D eigenvalue weighted by Gasteiger charge is 2.25. The van der Waals surface area contributed by atoms with Crippen molar-refractivity contribution in [3.8, 4) is 11.3 Å². The third kappa shape index (κ3) is 4.21. The summed E-state index contributed by atoms with van der Waals surface area (Å²) in [5.74, 6) is 0. The van der Waals surface area contributed by atoms with Gasteiger partial charge in [-0.2, -0.15) is 5.10 Å². The molecule has 0 radical (unpaired) electrons. The van der Waals surface area contributed by atoms with E-state index in [1.165, 1.54) is 26.3 Å². The van der Waals surface area contributed by atoms with E-state index in [9.17, 15) is 0 Å². The van der Waals surface area contributed by atoms with Gasteiger partial charge in [-0.25, -0.2) is 0 Å². The number of hydrogen-bond donors (Lipinski definition) is 3. The summed E-state index contributed by atoms with van der Waals surface area (Å²) in [5, 5.41) is 22.1. The predicted octanol–water partition coefficient (Wildman–Crippen LogP) is 3.50. The standard InChI is InChI=1S/C23H31N5OS/c1-3-27(4-2)14-15-28-19-10-9-18(25-12-11-24-13-16-29)23-21(19)22(26-28)17-7-5-6-8-20(17)30-23/h5-10,24-25,29H,3-4,11-16H2,1-2H3. The van der Waals surface area contributed by atoms with E-state index in [4.69, 9.17) is 10.2 Å². The highest BCUT2D eigenvalue weighted by Crippen LogP contribution is 2.50. The second kappa shape index (κ2) is 9.83. The van der Waals surface area contributed by atoms with E-state index in [0.29, 0.717) is 6.54 Å². The van der Waals surface area contributed by atoms with Crippen LogP contribution in [0.1, 0.15) is 13.8 Å². The topological polar surface area (TPSA) is 65.4 Å². The second-order valence-electron chi connectivity index (χ2n) is 7.43. The highest BCUT2D eigenvalue weighted by molar-refractivity contribution is 8.00. The Morgan fingerprint density at radius 1 is 1.07 bits per heavy atom. The summed E-state index contributed by atoms with van der Waals surface area (Å²) in [6, 6.07) is 12.9. The largest absolute Gasteiger partial charge is 0.395 e. The summed E-state index contributed by atoms with van der Waals surface area (Å²) in [4.78, 5) is 4.96. The molecule has 0 aliphatic carbocycles. The van der Waals surface area contributed by atoms with Gasteiger partial charge in [-0.05, 0) is 31.3 Å². The molecule has 0 amide bonds. The minimum absolute atomic E-state index is 0.167. The van der Waals surface area contributed by atoms with Crippen LogP contribution in [0.25, 0.3) is 22.2 Å². The number of nitrogens with one attached hydrogen (secondary N) is 2. The minimum Gasteiger partial charge on any atom is -0.395 e. The number of aliphatic hydroxyl groups is 1. The zero-order valence-electron chi connectivity index (χ0n) is 17.8. The average Bonchev–Trinajstić information content (AvgIpc) is 3.15. The van der Waals surface area contributed by atoms with Gasteiger partial charge in [0.15, 0.2) is 0 Å². The van der Waals surface area contributed by atoms with Crippen molar-refractivity contribution in [2.24, 2.45) is 0 Å². The number of anilines is 1. The maximum Gasteiger partial charge on any atom is 0.103 e. The first-order valence-electron chi connectivity index (χ1n) is 10.8. The Morgan fingerprint density at radius 3 is 2.70 bits per heavy atom. The van der Waals surface area contributed by atoms with Gasteiger partial charge in [0.2, 0.25) is 0 Å². The van der Waals surface area contributed by atoms with Crippen LogP contribution < -0.4 is 10.6 Å². The molecule has 0 bridgehead atoms. The Kier molecular flexibility index (Phi) is 6.94. The van der Waals surface area contributed by atoms with Crippen molar-refractivity contribution in [3.05, 3.63) is 36.4 Å². The Morgan fingerprint density at radius 2 is 1.90 bits per heavy atom. The Balaban J connectivity index is 1.68. The van der Waals surface area contributed by atoms with Gasteiger partial charge in [-0.3, -0.25) is 4.68 Å². The van der Waals surface area contributed by atoms with E-state index >= 15 is 0 Å². The van der Waals surface area contributed by atoms with Gasteiger partial charge in [0, 0.05) is 52.6 Å². The van der Waals surface area contributed by atoms with Gasteiger partial charge in [-0.15, -0.1) is 0 Å². The van der Waals surface area contributed by atoms with Crippen molar-refractivity contribution in [2.45, 2.75) is 30.2 Å². The Bertz CT molecular complexity index is 999. The summed E-state index contributed by atoms with van der Waals surface area (Å²) in [6.07, 6.45) is 0. The molecular weight excluding hydrogens is 394 g/mol. The Hall–Kier alpha value is -2.06. The number of fused-ring (bicyclic) bond motifs is 2. The van der Waals surface area contributed by atoms with Gasteiger partial charge in [0.05, 0.1) is 18.7 Å². The van der Waals surface area contributed by atoms with Crippen LogP contribution in [-0.4, -0.2) is 65.7 Å². The normalized spacial score (nSPS) is 12.5. The number of hydrogen-bond acceptors (Lipinski definition) is 6. The second-order valence-corrected chi connectivity index (χ2v) is 8.49. The van der Waals surface area contributed by atoms with Gasteiger partial charge in [-0.1, -0.05) is 43.8 Å². The van der Waals surface area contributed by atoms with E-state index in [2.05, 4.69) is 70.5 Å². The molecule has 3 N–H and O–H groups in total. The van der Waals surface area contributed by atoms with Crippen molar-refractivity contribution < 1.29 is 5.11 Å². The Labute approximate surface area is 182 Å². The fourth-order valence-corrected chi connectivity index (χ4v) is 5.17. The fourth-order valence-electron chi connectivity index (χ4n) is 3.97. The maximum atomic E-state index is 8.93. The average molecular weight is 426 g/mol. The summed E-state index contributed by atoms with van der Waals surface area (Å²) in [5.41, 5.74) is 4.68. The van der Waals surface area contributed by atoms with Crippen molar-refractivity contribution >= 4 is 28.4 Å². The maximum absolute atomic E-state index is 8.93. The van der Waals surface area contributed by atoms with Crippen molar-refractivity contribution in [1.82, 2.24) is 20.0 Å². The van der Waals surface area contributed by atoms with Gasteiger partial charge in [0.1, 0.15) is 5.69 Å². The molecule has 2 heterocycles. The molecule has 1 aliphatic rings. The van der Waals surface area contributed by atoms with E-state index in [0.717, 1.165) is 50.6 Å². The van der Waals surface area contributed by atoms with E-state index in [-0.39, 0.29) is 6.61 Å².